The Balaban J connectivity index is 1.85. The van der Waals surface area contributed by atoms with Crippen LogP contribution in [0.15, 0.2) is 18.2 Å². The van der Waals surface area contributed by atoms with Crippen molar-refractivity contribution < 1.29 is 14.3 Å². The molecule has 1 amide bonds. The highest BCUT2D eigenvalue weighted by molar-refractivity contribution is 5.94. The Morgan fingerprint density at radius 1 is 1.26 bits per heavy atom. The fraction of sp³-hybridized carbons (Fsp3) is 0.467. The zero-order valence-electron chi connectivity index (χ0n) is 11.2. The molecule has 102 valence electrons. The van der Waals surface area contributed by atoms with Crippen molar-refractivity contribution in [2.75, 3.05) is 13.2 Å². The van der Waals surface area contributed by atoms with Crippen molar-refractivity contribution in [3.05, 3.63) is 34.9 Å². The molecular weight excluding hydrogens is 242 g/mol. The average molecular weight is 261 g/mol. The van der Waals surface area contributed by atoms with Crippen molar-refractivity contribution >= 4 is 11.9 Å². The third-order valence-corrected chi connectivity index (χ3v) is 3.28. The lowest BCUT2D eigenvalue weighted by molar-refractivity contribution is -0.142. The van der Waals surface area contributed by atoms with Crippen LogP contribution < -0.4 is 5.32 Å². The molecule has 1 aliphatic carbocycles. The summed E-state index contributed by atoms with van der Waals surface area (Å²) in [6.45, 7) is 2.45. The monoisotopic (exact) mass is 261 g/mol. The van der Waals surface area contributed by atoms with E-state index in [9.17, 15) is 9.59 Å². The van der Waals surface area contributed by atoms with Gasteiger partial charge in [0.2, 0.25) is 0 Å². The van der Waals surface area contributed by atoms with Gasteiger partial charge in [0.15, 0.2) is 0 Å². The lowest BCUT2D eigenvalue weighted by Gasteiger charge is -2.07. The molecule has 0 fully saturated rings. The molecular formula is C15H19NO3. The summed E-state index contributed by atoms with van der Waals surface area (Å²) >= 11 is 0. The van der Waals surface area contributed by atoms with Gasteiger partial charge in [0.25, 0.3) is 5.91 Å². The molecule has 0 saturated carbocycles. The van der Waals surface area contributed by atoms with Gasteiger partial charge in [-0.15, -0.1) is 0 Å². The van der Waals surface area contributed by atoms with Crippen LogP contribution >= 0.6 is 0 Å². The van der Waals surface area contributed by atoms with Crippen LogP contribution in [0.3, 0.4) is 0 Å². The predicted octanol–water partition coefficient (Wildman–Crippen LogP) is 1.86. The van der Waals surface area contributed by atoms with Gasteiger partial charge in [0.05, 0.1) is 13.0 Å². The van der Waals surface area contributed by atoms with Crippen molar-refractivity contribution in [1.82, 2.24) is 5.32 Å². The van der Waals surface area contributed by atoms with Crippen molar-refractivity contribution in [3.63, 3.8) is 0 Å². The molecule has 0 radical (unpaired) electrons. The number of amides is 1. The summed E-state index contributed by atoms with van der Waals surface area (Å²) in [6.07, 6.45) is 3.55. The SMILES string of the molecule is CCOC(=O)CCNC(=O)c1ccc2c(c1)CCC2. The molecule has 0 aromatic heterocycles. The molecule has 0 aliphatic heterocycles. The highest BCUT2D eigenvalue weighted by atomic mass is 16.5. The topological polar surface area (TPSA) is 55.4 Å². The van der Waals surface area contributed by atoms with E-state index in [0.717, 1.165) is 12.8 Å². The maximum absolute atomic E-state index is 11.9. The highest BCUT2D eigenvalue weighted by Crippen LogP contribution is 2.22. The second-order valence-corrected chi connectivity index (χ2v) is 4.65. The molecule has 0 spiro atoms. The van der Waals surface area contributed by atoms with Gasteiger partial charge < -0.3 is 10.1 Å². The Bertz CT molecular complexity index is 482. The summed E-state index contributed by atoms with van der Waals surface area (Å²) < 4.78 is 4.80. The van der Waals surface area contributed by atoms with Gasteiger partial charge in [-0.05, 0) is 49.4 Å². The van der Waals surface area contributed by atoms with E-state index >= 15 is 0 Å². The van der Waals surface area contributed by atoms with Crippen LogP contribution in [0, 0.1) is 0 Å². The molecule has 0 bridgehead atoms. The van der Waals surface area contributed by atoms with Crippen LogP contribution in [-0.2, 0) is 22.4 Å². The van der Waals surface area contributed by atoms with Gasteiger partial charge in [-0.3, -0.25) is 9.59 Å². The number of fused-ring (bicyclic) bond motifs is 1. The van der Waals surface area contributed by atoms with E-state index in [0.29, 0.717) is 18.7 Å². The van der Waals surface area contributed by atoms with Crippen molar-refractivity contribution in [2.24, 2.45) is 0 Å². The van der Waals surface area contributed by atoms with Gasteiger partial charge in [-0.25, -0.2) is 0 Å². The van der Waals surface area contributed by atoms with Gasteiger partial charge >= 0.3 is 5.97 Å². The van der Waals surface area contributed by atoms with Gasteiger partial charge in [0.1, 0.15) is 0 Å². The normalized spacial score (nSPS) is 12.9. The van der Waals surface area contributed by atoms with E-state index in [4.69, 9.17) is 4.74 Å². The van der Waals surface area contributed by atoms with Crippen LogP contribution in [0.2, 0.25) is 0 Å². The van der Waals surface area contributed by atoms with E-state index in [1.807, 2.05) is 18.2 Å². The molecule has 1 N–H and O–H groups in total. The number of ether oxygens (including phenoxy) is 1. The molecule has 0 unspecified atom stereocenters. The number of aryl methyl sites for hydroxylation is 2. The summed E-state index contributed by atoms with van der Waals surface area (Å²) in [7, 11) is 0. The number of hydrogen-bond acceptors (Lipinski definition) is 3. The van der Waals surface area contributed by atoms with Crippen LogP contribution in [-0.4, -0.2) is 25.0 Å². The molecule has 1 aromatic rings. The second-order valence-electron chi connectivity index (χ2n) is 4.65. The van der Waals surface area contributed by atoms with Crippen molar-refractivity contribution in [3.8, 4) is 0 Å². The molecule has 0 heterocycles. The Hall–Kier alpha value is -1.84. The summed E-state index contributed by atoms with van der Waals surface area (Å²) in [5.41, 5.74) is 3.30. The Labute approximate surface area is 113 Å². The van der Waals surface area contributed by atoms with E-state index in [1.54, 1.807) is 6.92 Å². The third kappa shape index (κ3) is 3.56. The molecule has 1 aromatic carbocycles. The first kappa shape index (κ1) is 13.6. The first-order valence-corrected chi connectivity index (χ1v) is 6.76. The van der Waals surface area contributed by atoms with Crippen LogP contribution in [0.4, 0.5) is 0 Å². The molecule has 1 aliphatic rings. The van der Waals surface area contributed by atoms with E-state index in [1.165, 1.54) is 17.5 Å². The zero-order valence-corrected chi connectivity index (χ0v) is 11.2. The average Bonchev–Trinajstić information content (AvgIpc) is 2.86. The second kappa shape index (κ2) is 6.36. The Morgan fingerprint density at radius 3 is 2.84 bits per heavy atom. The standard InChI is InChI=1S/C15H19NO3/c1-2-19-14(17)8-9-16-15(18)13-7-6-11-4-3-5-12(11)10-13/h6-7,10H,2-5,8-9H2,1H3,(H,16,18). The Kier molecular flexibility index (Phi) is 4.55. The van der Waals surface area contributed by atoms with E-state index < -0.39 is 0 Å². The number of rotatable bonds is 5. The number of esters is 1. The predicted molar refractivity (Wildman–Crippen MR) is 72.1 cm³/mol. The van der Waals surface area contributed by atoms with E-state index in [2.05, 4.69) is 5.32 Å². The third-order valence-electron chi connectivity index (χ3n) is 3.28. The zero-order chi connectivity index (χ0) is 13.7. The van der Waals surface area contributed by atoms with Crippen LogP contribution in [0.5, 0.6) is 0 Å². The first-order chi connectivity index (χ1) is 9.20. The summed E-state index contributed by atoms with van der Waals surface area (Å²) in [5.74, 6) is -0.407. The number of carbonyl (C=O) groups is 2. The molecule has 0 atom stereocenters. The summed E-state index contributed by atoms with van der Waals surface area (Å²) in [6, 6.07) is 5.84. The minimum absolute atomic E-state index is 0.126. The first-order valence-electron chi connectivity index (χ1n) is 6.76. The molecule has 2 rings (SSSR count). The molecule has 0 saturated heterocycles. The van der Waals surface area contributed by atoms with Gasteiger partial charge in [-0.1, -0.05) is 6.07 Å². The van der Waals surface area contributed by atoms with E-state index in [-0.39, 0.29) is 18.3 Å². The summed E-state index contributed by atoms with van der Waals surface area (Å²) in [4.78, 5) is 23.1. The summed E-state index contributed by atoms with van der Waals surface area (Å²) in [5, 5.41) is 2.74. The number of benzene rings is 1. The fourth-order valence-electron chi connectivity index (χ4n) is 2.33. The minimum atomic E-state index is -0.281. The minimum Gasteiger partial charge on any atom is -0.466 e. The maximum Gasteiger partial charge on any atom is 0.307 e. The lowest BCUT2D eigenvalue weighted by atomic mass is 10.1. The van der Waals surface area contributed by atoms with Crippen LogP contribution in [0.1, 0.15) is 41.3 Å². The number of carbonyl (C=O) groups excluding carboxylic acids is 2. The lowest BCUT2D eigenvalue weighted by Crippen LogP contribution is -2.26. The maximum atomic E-state index is 11.9. The highest BCUT2D eigenvalue weighted by Gasteiger charge is 2.13. The van der Waals surface area contributed by atoms with Gasteiger partial charge in [0, 0.05) is 12.1 Å². The fourth-order valence-corrected chi connectivity index (χ4v) is 2.33. The van der Waals surface area contributed by atoms with Crippen molar-refractivity contribution in [1.29, 1.82) is 0 Å². The number of hydrogen-bond donors (Lipinski definition) is 1. The van der Waals surface area contributed by atoms with Crippen molar-refractivity contribution in [2.45, 2.75) is 32.6 Å². The smallest absolute Gasteiger partial charge is 0.307 e. The number of nitrogens with one attached hydrogen (secondary N) is 1. The van der Waals surface area contributed by atoms with Gasteiger partial charge in [-0.2, -0.15) is 0 Å². The largest absolute Gasteiger partial charge is 0.466 e. The van der Waals surface area contributed by atoms with Crippen LogP contribution in [0.25, 0.3) is 0 Å². The quantitative estimate of drug-likeness (QED) is 0.823. The Morgan fingerprint density at radius 2 is 2.05 bits per heavy atom. The molecule has 19 heavy (non-hydrogen) atoms. The molecule has 4 nitrogen and oxygen atoms in total. The molecule has 4 heteroatoms.